The van der Waals surface area contributed by atoms with Crippen molar-refractivity contribution in [1.29, 1.82) is 0 Å². The average Bonchev–Trinajstić information content (AvgIpc) is 3.47. The van der Waals surface area contributed by atoms with Crippen molar-refractivity contribution in [2.45, 2.75) is 231 Å². The second-order valence-electron chi connectivity index (χ2n) is 15.3. The lowest BCUT2D eigenvalue weighted by Gasteiger charge is -2.28. The summed E-state index contributed by atoms with van der Waals surface area (Å²) in [6.07, 6.45) is 52.5. The summed E-state index contributed by atoms with van der Waals surface area (Å²) in [6, 6.07) is 0. The van der Waals surface area contributed by atoms with Crippen molar-refractivity contribution in [2.24, 2.45) is 0 Å². The van der Waals surface area contributed by atoms with Gasteiger partial charge in [0, 0.05) is 12.8 Å². The van der Waals surface area contributed by atoms with Crippen LogP contribution in [-0.4, -0.2) is 44.0 Å². The molecule has 1 aliphatic heterocycles. The van der Waals surface area contributed by atoms with Crippen molar-refractivity contribution in [3.63, 3.8) is 0 Å². The predicted octanol–water partition coefficient (Wildman–Crippen LogP) is 14.4. The van der Waals surface area contributed by atoms with Crippen LogP contribution >= 0.6 is 13.5 Å². The van der Waals surface area contributed by atoms with Crippen molar-refractivity contribution in [3.8, 4) is 0 Å². The monoisotopic (exact) mass is 694 g/mol. The van der Waals surface area contributed by atoms with Crippen LogP contribution in [0.5, 0.6) is 0 Å². The molecule has 0 unspecified atom stereocenters. The lowest BCUT2D eigenvalue weighted by Crippen LogP contribution is -2.31. The summed E-state index contributed by atoms with van der Waals surface area (Å²) in [5.41, 5.74) is 0. The molecule has 0 bridgehead atoms. The van der Waals surface area contributed by atoms with Gasteiger partial charge in [0.15, 0.2) is 5.79 Å². The molecular weight excluding hydrogens is 607 g/mol. The molecule has 4 heteroatoms. The second-order valence-corrected chi connectivity index (χ2v) is 15.3. The van der Waals surface area contributed by atoms with Crippen LogP contribution in [-0.2, 0) is 9.47 Å². The van der Waals surface area contributed by atoms with E-state index in [2.05, 4.69) is 57.1 Å². The molecule has 3 nitrogen and oxygen atoms in total. The molecule has 286 valence electrons. The predicted molar refractivity (Wildman–Crippen MR) is 220 cm³/mol. The molecule has 0 aromatic carbocycles. The van der Waals surface area contributed by atoms with E-state index in [1.165, 1.54) is 186 Å². The van der Waals surface area contributed by atoms with Crippen molar-refractivity contribution >= 4 is 13.5 Å². The van der Waals surface area contributed by atoms with Crippen LogP contribution in [0.2, 0.25) is 0 Å². The van der Waals surface area contributed by atoms with Crippen molar-refractivity contribution in [1.82, 2.24) is 4.90 Å². The van der Waals surface area contributed by atoms with E-state index in [0.29, 0.717) is 0 Å². The molecular formula is C44H87NO2S. The first-order valence-electron chi connectivity index (χ1n) is 21.4. The summed E-state index contributed by atoms with van der Waals surface area (Å²) in [5, 5.41) is 0. The number of unbranched alkanes of at least 4 members (excludes halogenated alkanes) is 24. The van der Waals surface area contributed by atoms with Gasteiger partial charge in [-0.3, -0.25) is 0 Å². The van der Waals surface area contributed by atoms with Crippen molar-refractivity contribution in [2.75, 3.05) is 27.2 Å². The van der Waals surface area contributed by atoms with E-state index in [1.807, 2.05) is 0 Å². The average molecular weight is 694 g/mol. The van der Waals surface area contributed by atoms with Gasteiger partial charge in [0.25, 0.3) is 0 Å². The van der Waals surface area contributed by atoms with Crippen LogP contribution < -0.4 is 0 Å². The van der Waals surface area contributed by atoms with Gasteiger partial charge >= 0.3 is 0 Å². The highest BCUT2D eigenvalue weighted by Gasteiger charge is 2.40. The van der Waals surface area contributed by atoms with Crippen LogP contribution in [0.25, 0.3) is 0 Å². The number of rotatable bonds is 36. The van der Waals surface area contributed by atoms with Gasteiger partial charge in [-0.2, -0.15) is 13.5 Å². The maximum Gasteiger partial charge on any atom is 0.168 e. The standard InChI is InChI=1S/C44H85NO2.H2S/c1-5-7-9-11-13-15-17-19-21-23-25-27-29-31-33-35-39-44(46-42-43(47-44)38-37-41-45(3)4)40-36-34-32-30-28-26-24-22-20-18-16-14-12-10-8-6-2;/h19-22,43H,5-18,23-42H2,1-4H3;1H2/b21-19-,22-20-;/t43-;/m0./s1. The Morgan fingerprint density at radius 3 is 1.23 bits per heavy atom. The molecule has 0 radical (unpaired) electrons. The van der Waals surface area contributed by atoms with Crippen LogP contribution in [0.3, 0.4) is 0 Å². The minimum atomic E-state index is -0.301. The molecule has 0 spiro atoms. The Bertz CT molecular complexity index is 651. The molecule has 0 N–H and O–H groups in total. The Kier molecular flexibility index (Phi) is 36.3. The van der Waals surface area contributed by atoms with Gasteiger partial charge in [-0.1, -0.05) is 154 Å². The molecule has 0 aliphatic carbocycles. The first kappa shape index (κ1) is 47.7. The molecule has 0 amide bonds. The van der Waals surface area contributed by atoms with Gasteiger partial charge in [-0.15, -0.1) is 0 Å². The van der Waals surface area contributed by atoms with Crippen LogP contribution in [0, 0.1) is 0 Å². The van der Waals surface area contributed by atoms with Gasteiger partial charge in [0.1, 0.15) is 0 Å². The molecule has 1 atom stereocenters. The third-order valence-corrected chi connectivity index (χ3v) is 10.2. The van der Waals surface area contributed by atoms with Gasteiger partial charge in [0.05, 0.1) is 12.7 Å². The first-order valence-corrected chi connectivity index (χ1v) is 21.4. The Balaban J connectivity index is 0.0000221. The van der Waals surface area contributed by atoms with Crippen molar-refractivity contribution < 1.29 is 9.47 Å². The number of allylic oxidation sites excluding steroid dienone is 4. The van der Waals surface area contributed by atoms with Crippen LogP contribution in [0.4, 0.5) is 0 Å². The van der Waals surface area contributed by atoms with E-state index in [4.69, 9.17) is 9.47 Å². The number of hydrogen-bond acceptors (Lipinski definition) is 3. The molecule has 48 heavy (non-hydrogen) atoms. The zero-order chi connectivity index (χ0) is 33.9. The highest BCUT2D eigenvalue weighted by atomic mass is 32.1. The lowest BCUT2D eigenvalue weighted by atomic mass is 9.98. The van der Waals surface area contributed by atoms with Crippen molar-refractivity contribution in [3.05, 3.63) is 24.3 Å². The van der Waals surface area contributed by atoms with Crippen LogP contribution in [0.15, 0.2) is 24.3 Å². The molecule has 0 saturated carbocycles. The molecule has 1 heterocycles. The summed E-state index contributed by atoms with van der Waals surface area (Å²) in [4.78, 5) is 2.28. The Hall–Kier alpha value is -0.290. The maximum atomic E-state index is 6.72. The van der Waals surface area contributed by atoms with E-state index < -0.39 is 0 Å². The third kappa shape index (κ3) is 30.5. The molecule has 1 rings (SSSR count). The highest BCUT2D eigenvalue weighted by Crippen LogP contribution is 2.36. The van der Waals surface area contributed by atoms with Gasteiger partial charge < -0.3 is 14.4 Å². The molecule has 1 fully saturated rings. The summed E-state index contributed by atoms with van der Waals surface area (Å²) in [7, 11) is 4.33. The number of nitrogens with zero attached hydrogens (tertiary/aromatic N) is 1. The maximum absolute atomic E-state index is 6.72. The van der Waals surface area contributed by atoms with E-state index >= 15 is 0 Å². The van der Waals surface area contributed by atoms with Gasteiger partial charge in [-0.25, -0.2) is 0 Å². The van der Waals surface area contributed by atoms with Gasteiger partial charge in [0.2, 0.25) is 0 Å². The van der Waals surface area contributed by atoms with E-state index in [-0.39, 0.29) is 25.4 Å². The minimum Gasteiger partial charge on any atom is -0.347 e. The second kappa shape index (κ2) is 36.5. The van der Waals surface area contributed by atoms with Gasteiger partial charge in [-0.05, 0) is 97.7 Å². The van der Waals surface area contributed by atoms with Crippen LogP contribution in [0.1, 0.15) is 219 Å². The Morgan fingerprint density at radius 2 is 0.854 bits per heavy atom. The molecule has 0 aromatic heterocycles. The zero-order valence-corrected chi connectivity index (χ0v) is 34.2. The van der Waals surface area contributed by atoms with E-state index in [1.54, 1.807) is 0 Å². The summed E-state index contributed by atoms with van der Waals surface area (Å²) in [5.74, 6) is -0.301. The summed E-state index contributed by atoms with van der Waals surface area (Å²) < 4.78 is 13.2. The van der Waals surface area contributed by atoms with E-state index in [0.717, 1.165) is 32.4 Å². The Morgan fingerprint density at radius 1 is 0.500 bits per heavy atom. The number of hydrogen-bond donors (Lipinski definition) is 0. The highest BCUT2D eigenvalue weighted by molar-refractivity contribution is 7.59. The largest absolute Gasteiger partial charge is 0.347 e. The number of ether oxygens (including phenoxy) is 2. The third-order valence-electron chi connectivity index (χ3n) is 10.2. The van der Waals surface area contributed by atoms with E-state index in [9.17, 15) is 0 Å². The fraction of sp³-hybridized carbons (Fsp3) is 0.909. The lowest BCUT2D eigenvalue weighted by molar-refractivity contribution is -0.180. The molecule has 1 saturated heterocycles. The molecule has 0 aromatic rings. The summed E-state index contributed by atoms with van der Waals surface area (Å²) in [6.45, 7) is 6.52. The topological polar surface area (TPSA) is 21.7 Å². The Labute approximate surface area is 309 Å². The minimum absolute atomic E-state index is 0. The molecule has 1 aliphatic rings. The fourth-order valence-electron chi connectivity index (χ4n) is 7.06. The quantitative estimate of drug-likeness (QED) is 0.0482. The smallest absolute Gasteiger partial charge is 0.168 e. The first-order chi connectivity index (χ1) is 23.1. The SMILES string of the molecule is CCCCCCCC/C=C\CCCCCCCCC1(CCCCCCCC/C=C\CCCCCCCC)OC[C@H](CCCN(C)C)O1.S. The summed E-state index contributed by atoms with van der Waals surface area (Å²) >= 11 is 0. The zero-order valence-electron chi connectivity index (χ0n) is 33.2. The fourth-order valence-corrected chi connectivity index (χ4v) is 7.06. The normalized spacial score (nSPS) is 16.1.